The van der Waals surface area contributed by atoms with Gasteiger partial charge in [-0.1, -0.05) is 29.8 Å². The van der Waals surface area contributed by atoms with Crippen LogP contribution in [0.15, 0.2) is 42.5 Å². The van der Waals surface area contributed by atoms with E-state index in [2.05, 4.69) is 5.32 Å². The van der Waals surface area contributed by atoms with Crippen LogP contribution in [0.3, 0.4) is 0 Å². The quantitative estimate of drug-likeness (QED) is 0.906. The Labute approximate surface area is 155 Å². The Hall–Kier alpha value is -2.62. The van der Waals surface area contributed by atoms with E-state index in [9.17, 15) is 9.59 Å². The number of carbonyl (C=O) groups excluding carboxylic acids is 2. The molecular weight excluding hydrogens is 324 g/mol. The molecule has 2 aromatic rings. The van der Waals surface area contributed by atoms with Gasteiger partial charge in [0.1, 0.15) is 0 Å². The molecule has 0 radical (unpaired) electrons. The van der Waals surface area contributed by atoms with Crippen molar-refractivity contribution in [3.8, 4) is 0 Å². The number of likely N-dealkylation sites (tertiary alicyclic amines) is 1. The third kappa shape index (κ3) is 4.13. The smallest absolute Gasteiger partial charge is 0.253 e. The Balaban J connectivity index is 1.67. The van der Waals surface area contributed by atoms with E-state index in [0.717, 1.165) is 35.2 Å². The lowest BCUT2D eigenvalue weighted by Crippen LogP contribution is -2.43. The summed E-state index contributed by atoms with van der Waals surface area (Å²) >= 11 is 0. The molecule has 1 heterocycles. The topological polar surface area (TPSA) is 49.4 Å². The SMILES string of the molecule is Cc1ccc(C(=O)N2CCCC(C(=O)Nc3cc(C)ccc3C)C2)cc1. The minimum atomic E-state index is -0.168. The molecule has 0 bridgehead atoms. The highest BCUT2D eigenvalue weighted by atomic mass is 16.2. The predicted molar refractivity (Wildman–Crippen MR) is 104 cm³/mol. The van der Waals surface area contributed by atoms with E-state index in [1.165, 1.54) is 0 Å². The van der Waals surface area contributed by atoms with Gasteiger partial charge in [-0.2, -0.15) is 0 Å². The third-order valence-corrected chi connectivity index (χ3v) is 5.03. The van der Waals surface area contributed by atoms with E-state index in [0.29, 0.717) is 18.7 Å². The molecule has 1 aliphatic rings. The molecule has 0 spiro atoms. The summed E-state index contributed by atoms with van der Waals surface area (Å²) in [6.07, 6.45) is 1.66. The van der Waals surface area contributed by atoms with E-state index < -0.39 is 0 Å². The highest BCUT2D eigenvalue weighted by molar-refractivity contribution is 5.96. The number of anilines is 1. The van der Waals surface area contributed by atoms with Crippen LogP contribution in [0.5, 0.6) is 0 Å². The van der Waals surface area contributed by atoms with Gasteiger partial charge in [0.15, 0.2) is 0 Å². The van der Waals surface area contributed by atoms with Crippen LogP contribution in [-0.2, 0) is 4.79 Å². The zero-order chi connectivity index (χ0) is 18.7. The highest BCUT2D eigenvalue weighted by Crippen LogP contribution is 2.22. The van der Waals surface area contributed by atoms with Crippen molar-refractivity contribution >= 4 is 17.5 Å². The summed E-state index contributed by atoms with van der Waals surface area (Å²) in [5.41, 5.74) is 4.84. The average molecular weight is 350 g/mol. The van der Waals surface area contributed by atoms with Crippen LogP contribution < -0.4 is 5.32 Å². The van der Waals surface area contributed by atoms with E-state index in [4.69, 9.17) is 0 Å². The molecule has 1 atom stereocenters. The van der Waals surface area contributed by atoms with Gasteiger partial charge in [-0.3, -0.25) is 9.59 Å². The fraction of sp³-hybridized carbons (Fsp3) is 0.364. The van der Waals surface area contributed by atoms with Gasteiger partial charge in [0.2, 0.25) is 5.91 Å². The number of rotatable bonds is 3. The van der Waals surface area contributed by atoms with Crippen LogP contribution in [0.25, 0.3) is 0 Å². The first-order valence-corrected chi connectivity index (χ1v) is 9.18. The molecule has 0 saturated carbocycles. The molecule has 1 N–H and O–H groups in total. The molecule has 0 aromatic heterocycles. The minimum absolute atomic E-state index is 0.0000983. The van der Waals surface area contributed by atoms with Gasteiger partial charge in [-0.15, -0.1) is 0 Å². The normalized spacial score (nSPS) is 17.0. The largest absolute Gasteiger partial charge is 0.338 e. The van der Waals surface area contributed by atoms with E-state index >= 15 is 0 Å². The maximum Gasteiger partial charge on any atom is 0.253 e. The lowest BCUT2D eigenvalue weighted by molar-refractivity contribution is -0.121. The van der Waals surface area contributed by atoms with E-state index in [1.54, 1.807) is 0 Å². The Morgan fingerprint density at radius 1 is 1.00 bits per heavy atom. The average Bonchev–Trinajstić information content (AvgIpc) is 2.65. The zero-order valence-corrected chi connectivity index (χ0v) is 15.7. The van der Waals surface area contributed by atoms with Crippen LogP contribution in [-0.4, -0.2) is 29.8 Å². The number of aryl methyl sites for hydroxylation is 3. The Morgan fingerprint density at radius 2 is 1.69 bits per heavy atom. The van der Waals surface area contributed by atoms with Gasteiger partial charge >= 0.3 is 0 Å². The molecule has 0 aliphatic carbocycles. The van der Waals surface area contributed by atoms with E-state index in [1.807, 2.05) is 68.1 Å². The number of hydrogen-bond donors (Lipinski definition) is 1. The standard InChI is InChI=1S/C22H26N2O2/c1-15-7-10-18(11-8-15)22(26)24-12-4-5-19(14-24)21(25)23-20-13-16(2)6-9-17(20)3/h6-11,13,19H,4-5,12,14H2,1-3H3,(H,23,25). The molecule has 1 fully saturated rings. The van der Waals surface area contributed by atoms with Crippen molar-refractivity contribution in [2.24, 2.45) is 5.92 Å². The van der Waals surface area contributed by atoms with Crippen molar-refractivity contribution in [2.75, 3.05) is 18.4 Å². The summed E-state index contributed by atoms with van der Waals surface area (Å²) in [5.74, 6) is -0.160. The second-order valence-electron chi connectivity index (χ2n) is 7.26. The molecule has 1 unspecified atom stereocenters. The van der Waals surface area contributed by atoms with Crippen molar-refractivity contribution < 1.29 is 9.59 Å². The second kappa shape index (κ2) is 7.73. The van der Waals surface area contributed by atoms with Gasteiger partial charge < -0.3 is 10.2 Å². The van der Waals surface area contributed by atoms with Crippen LogP contribution >= 0.6 is 0 Å². The first-order chi connectivity index (χ1) is 12.4. The molecule has 26 heavy (non-hydrogen) atoms. The van der Waals surface area contributed by atoms with Crippen molar-refractivity contribution in [3.05, 3.63) is 64.7 Å². The highest BCUT2D eigenvalue weighted by Gasteiger charge is 2.29. The summed E-state index contributed by atoms with van der Waals surface area (Å²) in [5, 5.41) is 3.05. The second-order valence-corrected chi connectivity index (χ2v) is 7.26. The molecule has 4 nitrogen and oxygen atoms in total. The third-order valence-electron chi connectivity index (χ3n) is 5.03. The molecule has 1 saturated heterocycles. The minimum Gasteiger partial charge on any atom is -0.338 e. The number of amides is 2. The van der Waals surface area contributed by atoms with Crippen molar-refractivity contribution in [2.45, 2.75) is 33.6 Å². The van der Waals surface area contributed by atoms with Crippen molar-refractivity contribution in [1.29, 1.82) is 0 Å². The fourth-order valence-corrected chi connectivity index (χ4v) is 3.36. The molecule has 136 valence electrons. The maximum absolute atomic E-state index is 12.7. The first kappa shape index (κ1) is 18.2. The first-order valence-electron chi connectivity index (χ1n) is 9.18. The van der Waals surface area contributed by atoms with Gasteiger partial charge in [-0.25, -0.2) is 0 Å². The number of nitrogens with one attached hydrogen (secondary N) is 1. The molecule has 2 amide bonds. The fourth-order valence-electron chi connectivity index (χ4n) is 3.36. The Morgan fingerprint density at radius 3 is 2.42 bits per heavy atom. The number of nitrogens with zero attached hydrogens (tertiary/aromatic N) is 1. The number of piperidine rings is 1. The van der Waals surface area contributed by atoms with Gasteiger partial charge in [0, 0.05) is 24.3 Å². The number of benzene rings is 2. The summed E-state index contributed by atoms with van der Waals surface area (Å²) < 4.78 is 0. The molecule has 3 rings (SSSR count). The molecular formula is C22H26N2O2. The molecule has 4 heteroatoms. The number of hydrogen-bond acceptors (Lipinski definition) is 2. The molecule has 2 aromatic carbocycles. The lowest BCUT2D eigenvalue weighted by Gasteiger charge is -2.32. The summed E-state index contributed by atoms with van der Waals surface area (Å²) in [7, 11) is 0. The summed E-state index contributed by atoms with van der Waals surface area (Å²) in [6.45, 7) is 7.19. The summed E-state index contributed by atoms with van der Waals surface area (Å²) in [4.78, 5) is 27.3. The number of carbonyl (C=O) groups is 2. The summed E-state index contributed by atoms with van der Waals surface area (Å²) in [6, 6.07) is 13.6. The zero-order valence-electron chi connectivity index (χ0n) is 15.7. The van der Waals surface area contributed by atoms with Gasteiger partial charge in [0.25, 0.3) is 5.91 Å². The van der Waals surface area contributed by atoms with Crippen LogP contribution in [0, 0.1) is 26.7 Å². The lowest BCUT2D eigenvalue weighted by atomic mass is 9.96. The van der Waals surface area contributed by atoms with E-state index in [-0.39, 0.29) is 17.7 Å². The van der Waals surface area contributed by atoms with Crippen molar-refractivity contribution in [1.82, 2.24) is 4.90 Å². The van der Waals surface area contributed by atoms with Gasteiger partial charge in [-0.05, 0) is 62.9 Å². The van der Waals surface area contributed by atoms with Crippen LogP contribution in [0.1, 0.15) is 39.9 Å². The Kier molecular flexibility index (Phi) is 5.40. The monoisotopic (exact) mass is 350 g/mol. The van der Waals surface area contributed by atoms with Crippen LogP contribution in [0.4, 0.5) is 5.69 Å². The maximum atomic E-state index is 12.7. The molecule has 1 aliphatic heterocycles. The Bertz CT molecular complexity index is 811. The van der Waals surface area contributed by atoms with Gasteiger partial charge in [0.05, 0.1) is 5.92 Å². The van der Waals surface area contributed by atoms with Crippen molar-refractivity contribution in [3.63, 3.8) is 0 Å². The predicted octanol–water partition coefficient (Wildman–Crippen LogP) is 4.10. The van der Waals surface area contributed by atoms with Crippen LogP contribution in [0.2, 0.25) is 0 Å².